The molecular weight excluding hydrogens is 396 g/mol. The predicted octanol–water partition coefficient (Wildman–Crippen LogP) is 2.99. The summed E-state index contributed by atoms with van der Waals surface area (Å²) in [5, 5.41) is 16.5. The van der Waals surface area contributed by atoms with Gasteiger partial charge >= 0.3 is 0 Å². The highest BCUT2D eigenvalue weighted by molar-refractivity contribution is 8.00. The smallest absolute Gasteiger partial charge is 0.270 e. The van der Waals surface area contributed by atoms with Crippen molar-refractivity contribution in [2.75, 3.05) is 17.7 Å². The molecule has 1 saturated heterocycles. The second-order valence-corrected chi connectivity index (χ2v) is 9.01. The van der Waals surface area contributed by atoms with Crippen LogP contribution in [-0.2, 0) is 9.53 Å². The summed E-state index contributed by atoms with van der Waals surface area (Å²) >= 11 is 1.29. The van der Waals surface area contributed by atoms with Gasteiger partial charge in [-0.05, 0) is 32.3 Å². The monoisotopic (exact) mass is 418 g/mol. The number of thioether (sulfide) groups is 1. The Morgan fingerprint density at radius 2 is 2.14 bits per heavy atom. The lowest BCUT2D eigenvalue weighted by molar-refractivity contribution is -0.384. The maximum atomic E-state index is 12.9. The minimum Gasteiger partial charge on any atom is -0.375 e. The highest BCUT2D eigenvalue weighted by atomic mass is 32.2. The first-order valence-electron chi connectivity index (χ1n) is 9.39. The first-order valence-corrected chi connectivity index (χ1v) is 10.4. The molecule has 0 aliphatic carbocycles. The van der Waals surface area contributed by atoms with E-state index >= 15 is 0 Å². The summed E-state index contributed by atoms with van der Waals surface area (Å²) in [6.07, 6.45) is 1.40. The summed E-state index contributed by atoms with van der Waals surface area (Å²) in [7, 11) is 0. The lowest BCUT2D eigenvalue weighted by Gasteiger charge is -2.36. The Morgan fingerprint density at radius 3 is 2.86 bits per heavy atom. The molecule has 3 heterocycles. The standard InChI is InChI=1S/C19H22N4O5S/c1-19(2)9-13(6-7-28-19)22-17-15(18(25)21-22)16(29-10-14(24)20-17)11-4-3-5-12(8-11)23(26)27/h3-5,8,13,16H,6-7,9-10H2,1-2H3,(H,20,24)(H,21,25). The van der Waals surface area contributed by atoms with Crippen molar-refractivity contribution in [2.45, 2.75) is 43.6 Å². The molecule has 0 radical (unpaired) electrons. The number of hydrogen-bond donors (Lipinski definition) is 2. The summed E-state index contributed by atoms with van der Waals surface area (Å²) in [6, 6.07) is 6.20. The number of aromatic amines is 1. The molecule has 9 nitrogen and oxygen atoms in total. The van der Waals surface area contributed by atoms with Crippen molar-refractivity contribution in [1.82, 2.24) is 9.78 Å². The van der Waals surface area contributed by atoms with E-state index in [0.29, 0.717) is 36.4 Å². The number of benzene rings is 1. The Morgan fingerprint density at radius 1 is 1.34 bits per heavy atom. The van der Waals surface area contributed by atoms with Crippen LogP contribution >= 0.6 is 11.8 Å². The minimum atomic E-state index is -0.485. The Kier molecular flexibility index (Phi) is 4.99. The summed E-state index contributed by atoms with van der Waals surface area (Å²) in [5.74, 6) is 0.397. The maximum Gasteiger partial charge on any atom is 0.270 e. The fourth-order valence-electron chi connectivity index (χ4n) is 4.00. The molecule has 2 aliphatic heterocycles. The van der Waals surface area contributed by atoms with Crippen molar-refractivity contribution in [3.8, 4) is 0 Å². The van der Waals surface area contributed by atoms with Crippen molar-refractivity contribution < 1.29 is 14.5 Å². The van der Waals surface area contributed by atoms with Crippen molar-refractivity contribution in [3.05, 3.63) is 55.9 Å². The number of rotatable bonds is 3. The van der Waals surface area contributed by atoms with Gasteiger partial charge in [0.1, 0.15) is 5.82 Å². The number of nitro benzene ring substituents is 1. The van der Waals surface area contributed by atoms with Gasteiger partial charge in [-0.3, -0.25) is 29.5 Å². The average Bonchev–Trinajstić information content (AvgIpc) is 2.87. The number of nitrogens with one attached hydrogen (secondary N) is 2. The number of nitrogens with zero attached hydrogens (tertiary/aromatic N) is 2. The third-order valence-corrected chi connectivity index (χ3v) is 6.55. The molecule has 29 heavy (non-hydrogen) atoms. The van der Waals surface area contributed by atoms with E-state index in [9.17, 15) is 19.7 Å². The number of nitro groups is 1. The van der Waals surface area contributed by atoms with Crippen LogP contribution in [0.15, 0.2) is 29.1 Å². The third kappa shape index (κ3) is 3.82. The average molecular weight is 418 g/mol. The Hall–Kier alpha value is -2.59. The number of hydrogen-bond acceptors (Lipinski definition) is 6. The molecule has 1 amide bonds. The molecular formula is C19H22N4O5S. The SMILES string of the molecule is CC1(C)CC(n2[nH]c(=O)c3c2NC(=O)CSC3c2cccc([N+](=O)[O-])c2)CCO1. The third-order valence-electron chi connectivity index (χ3n) is 5.28. The van der Waals surface area contributed by atoms with Crippen LogP contribution in [-0.4, -0.2) is 38.6 Å². The Labute approximate surface area is 170 Å². The minimum absolute atomic E-state index is 0.0237. The normalized spacial score (nSPS) is 23.7. The van der Waals surface area contributed by atoms with E-state index in [2.05, 4.69) is 10.4 Å². The number of carbonyl (C=O) groups excluding carboxylic acids is 1. The second kappa shape index (κ2) is 7.34. The number of aromatic nitrogens is 2. The number of carbonyl (C=O) groups is 1. The molecule has 2 unspecified atom stereocenters. The summed E-state index contributed by atoms with van der Waals surface area (Å²) in [6.45, 7) is 4.56. The fraction of sp³-hybridized carbons (Fsp3) is 0.474. The maximum absolute atomic E-state index is 12.9. The number of ether oxygens (including phenoxy) is 1. The predicted molar refractivity (Wildman–Crippen MR) is 109 cm³/mol. The molecule has 0 spiro atoms. The second-order valence-electron chi connectivity index (χ2n) is 7.92. The highest BCUT2D eigenvalue weighted by Gasteiger charge is 2.36. The quantitative estimate of drug-likeness (QED) is 0.584. The highest BCUT2D eigenvalue weighted by Crippen LogP contribution is 2.42. The van der Waals surface area contributed by atoms with Gasteiger partial charge in [0.05, 0.1) is 33.1 Å². The first kappa shape index (κ1) is 19.7. The summed E-state index contributed by atoms with van der Waals surface area (Å²) in [5.41, 5.74) is 0.369. The van der Waals surface area contributed by atoms with E-state index in [1.54, 1.807) is 16.8 Å². The van der Waals surface area contributed by atoms with Crippen molar-refractivity contribution in [1.29, 1.82) is 0 Å². The van der Waals surface area contributed by atoms with Gasteiger partial charge in [0.15, 0.2) is 0 Å². The van der Waals surface area contributed by atoms with E-state index in [4.69, 9.17) is 4.74 Å². The number of amides is 1. The van der Waals surface area contributed by atoms with Crippen LogP contribution in [0.5, 0.6) is 0 Å². The van der Waals surface area contributed by atoms with Crippen LogP contribution in [0.4, 0.5) is 11.5 Å². The number of anilines is 1. The van der Waals surface area contributed by atoms with Crippen molar-refractivity contribution in [3.63, 3.8) is 0 Å². The largest absolute Gasteiger partial charge is 0.375 e. The van der Waals surface area contributed by atoms with Crippen LogP contribution in [0, 0.1) is 10.1 Å². The lowest BCUT2D eigenvalue weighted by atomic mass is 9.94. The van der Waals surface area contributed by atoms with Gasteiger partial charge in [-0.15, -0.1) is 11.8 Å². The van der Waals surface area contributed by atoms with Crippen molar-refractivity contribution in [2.24, 2.45) is 0 Å². The van der Waals surface area contributed by atoms with Gasteiger partial charge in [-0.1, -0.05) is 12.1 Å². The Balaban J connectivity index is 1.81. The van der Waals surface area contributed by atoms with E-state index < -0.39 is 10.2 Å². The van der Waals surface area contributed by atoms with E-state index in [1.165, 1.54) is 23.9 Å². The molecule has 0 saturated carbocycles. The topological polar surface area (TPSA) is 119 Å². The van der Waals surface area contributed by atoms with Crippen LogP contribution in [0.1, 0.15) is 49.1 Å². The molecule has 2 aliphatic rings. The van der Waals surface area contributed by atoms with Crippen LogP contribution < -0.4 is 10.9 Å². The fourth-order valence-corrected chi connectivity index (χ4v) is 5.12. The molecule has 2 N–H and O–H groups in total. The van der Waals surface area contributed by atoms with Gasteiger partial charge in [-0.25, -0.2) is 0 Å². The van der Waals surface area contributed by atoms with Gasteiger partial charge in [0.2, 0.25) is 5.91 Å². The number of non-ortho nitro benzene ring substituents is 1. The van der Waals surface area contributed by atoms with E-state index in [1.807, 2.05) is 13.8 Å². The molecule has 2 aromatic rings. The van der Waals surface area contributed by atoms with Crippen molar-refractivity contribution >= 4 is 29.2 Å². The van der Waals surface area contributed by atoms with E-state index in [-0.39, 0.29) is 34.5 Å². The van der Waals surface area contributed by atoms with Gasteiger partial charge < -0.3 is 10.1 Å². The summed E-state index contributed by atoms with van der Waals surface area (Å²) < 4.78 is 7.53. The molecule has 1 aromatic carbocycles. The molecule has 10 heteroatoms. The zero-order valence-electron chi connectivity index (χ0n) is 16.1. The molecule has 1 aromatic heterocycles. The molecule has 154 valence electrons. The van der Waals surface area contributed by atoms with Gasteiger partial charge in [0, 0.05) is 18.7 Å². The van der Waals surface area contributed by atoms with Crippen LogP contribution in [0.3, 0.4) is 0 Å². The zero-order valence-corrected chi connectivity index (χ0v) is 17.0. The zero-order chi connectivity index (χ0) is 20.8. The number of H-pyrrole nitrogens is 1. The first-order chi connectivity index (χ1) is 13.7. The van der Waals surface area contributed by atoms with Gasteiger partial charge in [-0.2, -0.15) is 0 Å². The molecule has 2 atom stereocenters. The van der Waals surface area contributed by atoms with Crippen LogP contribution in [0.25, 0.3) is 0 Å². The summed E-state index contributed by atoms with van der Waals surface area (Å²) in [4.78, 5) is 36.0. The lowest BCUT2D eigenvalue weighted by Crippen LogP contribution is -2.36. The number of fused-ring (bicyclic) bond motifs is 1. The van der Waals surface area contributed by atoms with E-state index in [0.717, 1.165) is 0 Å². The van der Waals surface area contributed by atoms with Gasteiger partial charge in [0.25, 0.3) is 11.2 Å². The Bertz CT molecular complexity index is 1030. The molecule has 0 bridgehead atoms. The van der Waals surface area contributed by atoms with Crippen LogP contribution in [0.2, 0.25) is 0 Å². The molecule has 4 rings (SSSR count). The molecule has 1 fully saturated rings.